The van der Waals surface area contributed by atoms with E-state index in [-0.39, 0.29) is 12.2 Å². The van der Waals surface area contributed by atoms with Gasteiger partial charge in [0.05, 0.1) is 12.2 Å². The topological polar surface area (TPSA) is 55.7 Å². The normalized spacial score (nSPS) is 28.3. The van der Waals surface area contributed by atoms with Crippen LogP contribution < -0.4 is 5.32 Å². The molecule has 1 fully saturated rings. The van der Waals surface area contributed by atoms with Crippen LogP contribution in [-0.4, -0.2) is 61.1 Å². The largest absolute Gasteiger partial charge is 0.393 e. The van der Waals surface area contributed by atoms with Gasteiger partial charge in [-0.15, -0.1) is 0 Å². The van der Waals surface area contributed by atoms with Crippen molar-refractivity contribution >= 4 is 0 Å². The summed E-state index contributed by atoms with van der Waals surface area (Å²) in [5.74, 6) is 0.579. The Morgan fingerprint density at radius 1 is 1.38 bits per heavy atom. The first-order chi connectivity index (χ1) is 7.58. The van der Waals surface area contributed by atoms with Crippen LogP contribution in [0.3, 0.4) is 0 Å². The minimum absolute atomic E-state index is 0.104. The van der Waals surface area contributed by atoms with Crippen molar-refractivity contribution in [2.45, 2.75) is 37.9 Å². The van der Waals surface area contributed by atoms with Crippen LogP contribution in [0.2, 0.25) is 0 Å². The second-order valence-corrected chi connectivity index (χ2v) is 5.26. The Hall–Kier alpha value is -0.160. The first-order valence-corrected chi connectivity index (χ1v) is 6.29. The molecule has 0 aromatic heterocycles. The van der Waals surface area contributed by atoms with E-state index in [1.807, 2.05) is 19.0 Å². The quantitative estimate of drug-likeness (QED) is 0.603. The van der Waals surface area contributed by atoms with Crippen molar-refractivity contribution in [3.8, 4) is 0 Å². The zero-order valence-electron chi connectivity index (χ0n) is 10.5. The Kier molecular flexibility index (Phi) is 6.28. The fourth-order valence-electron chi connectivity index (χ4n) is 2.39. The van der Waals surface area contributed by atoms with Gasteiger partial charge in [-0.2, -0.15) is 0 Å². The molecule has 3 N–H and O–H groups in total. The molecule has 0 spiro atoms. The number of aliphatic hydroxyl groups excluding tert-OH is 2. The van der Waals surface area contributed by atoms with Gasteiger partial charge in [-0.05, 0) is 45.8 Å². The Labute approximate surface area is 98.6 Å². The van der Waals surface area contributed by atoms with E-state index in [2.05, 4.69) is 5.32 Å². The zero-order chi connectivity index (χ0) is 12.0. The molecule has 0 heterocycles. The monoisotopic (exact) mass is 230 g/mol. The predicted molar refractivity (Wildman–Crippen MR) is 65.4 cm³/mol. The molecule has 4 heteroatoms. The van der Waals surface area contributed by atoms with E-state index in [0.717, 1.165) is 25.8 Å². The van der Waals surface area contributed by atoms with Gasteiger partial charge in [-0.1, -0.05) is 6.42 Å². The first-order valence-electron chi connectivity index (χ1n) is 6.29. The van der Waals surface area contributed by atoms with Crippen LogP contribution in [0.25, 0.3) is 0 Å². The van der Waals surface area contributed by atoms with Gasteiger partial charge < -0.3 is 20.4 Å². The molecule has 0 bridgehead atoms. The summed E-state index contributed by atoms with van der Waals surface area (Å²) in [6.07, 6.45) is 3.80. The maximum atomic E-state index is 9.65. The van der Waals surface area contributed by atoms with Crippen molar-refractivity contribution in [3.05, 3.63) is 0 Å². The van der Waals surface area contributed by atoms with E-state index in [9.17, 15) is 10.2 Å². The Morgan fingerprint density at radius 3 is 2.75 bits per heavy atom. The lowest BCUT2D eigenvalue weighted by Gasteiger charge is -2.26. The van der Waals surface area contributed by atoms with Crippen molar-refractivity contribution in [2.75, 3.05) is 33.7 Å². The molecule has 0 radical (unpaired) electrons. The van der Waals surface area contributed by atoms with E-state index < -0.39 is 0 Å². The molecule has 16 heavy (non-hydrogen) atoms. The second-order valence-electron chi connectivity index (χ2n) is 5.26. The minimum Gasteiger partial charge on any atom is -0.393 e. The van der Waals surface area contributed by atoms with Crippen molar-refractivity contribution in [2.24, 2.45) is 5.92 Å². The van der Waals surface area contributed by atoms with Crippen LogP contribution in [0.5, 0.6) is 0 Å². The highest BCUT2D eigenvalue weighted by atomic mass is 16.3. The van der Waals surface area contributed by atoms with E-state index in [1.54, 1.807) is 0 Å². The van der Waals surface area contributed by atoms with Crippen LogP contribution in [0, 0.1) is 5.92 Å². The highest BCUT2D eigenvalue weighted by Crippen LogP contribution is 2.23. The van der Waals surface area contributed by atoms with Crippen LogP contribution in [-0.2, 0) is 0 Å². The molecule has 96 valence electrons. The third-order valence-electron chi connectivity index (χ3n) is 3.14. The van der Waals surface area contributed by atoms with Crippen molar-refractivity contribution in [1.29, 1.82) is 0 Å². The standard InChI is InChI=1S/C12H26N2O2/c1-14(2)9-12(16)8-13-7-10-4-3-5-11(15)6-10/h10-13,15-16H,3-9H2,1-2H3. The maximum absolute atomic E-state index is 9.65. The van der Waals surface area contributed by atoms with Gasteiger partial charge in [0.1, 0.15) is 0 Å². The van der Waals surface area contributed by atoms with E-state index in [0.29, 0.717) is 19.0 Å². The molecule has 3 unspecified atom stereocenters. The molecule has 1 aliphatic rings. The van der Waals surface area contributed by atoms with Crippen molar-refractivity contribution in [3.63, 3.8) is 0 Å². The van der Waals surface area contributed by atoms with E-state index >= 15 is 0 Å². The number of hydrogen-bond donors (Lipinski definition) is 3. The number of hydrogen-bond acceptors (Lipinski definition) is 4. The summed E-state index contributed by atoms with van der Waals surface area (Å²) < 4.78 is 0. The molecular formula is C12H26N2O2. The molecular weight excluding hydrogens is 204 g/mol. The molecule has 1 rings (SSSR count). The van der Waals surface area contributed by atoms with Crippen LogP contribution in [0.1, 0.15) is 25.7 Å². The smallest absolute Gasteiger partial charge is 0.0791 e. The Bertz CT molecular complexity index is 188. The Morgan fingerprint density at radius 2 is 2.12 bits per heavy atom. The lowest BCUT2D eigenvalue weighted by atomic mass is 9.87. The summed E-state index contributed by atoms with van der Waals surface area (Å²) in [5.41, 5.74) is 0. The van der Waals surface area contributed by atoms with Gasteiger partial charge in [0, 0.05) is 13.1 Å². The zero-order valence-corrected chi connectivity index (χ0v) is 10.5. The summed E-state index contributed by atoms with van der Waals surface area (Å²) >= 11 is 0. The molecule has 4 nitrogen and oxygen atoms in total. The van der Waals surface area contributed by atoms with Gasteiger partial charge >= 0.3 is 0 Å². The number of rotatable bonds is 6. The lowest BCUT2D eigenvalue weighted by molar-refractivity contribution is 0.0963. The molecule has 0 aromatic carbocycles. The van der Waals surface area contributed by atoms with E-state index in [1.165, 1.54) is 6.42 Å². The average Bonchev–Trinajstić information content (AvgIpc) is 2.16. The molecule has 0 aromatic rings. The SMILES string of the molecule is CN(C)CC(O)CNCC1CCCC(O)C1. The van der Waals surface area contributed by atoms with Crippen LogP contribution in [0.4, 0.5) is 0 Å². The molecule has 3 atom stereocenters. The summed E-state index contributed by atoms with van der Waals surface area (Å²) in [7, 11) is 3.92. The summed E-state index contributed by atoms with van der Waals surface area (Å²) in [6.45, 7) is 2.26. The predicted octanol–water partition coefficient (Wildman–Crippen LogP) is 0.0496. The highest BCUT2D eigenvalue weighted by Gasteiger charge is 2.19. The fraction of sp³-hybridized carbons (Fsp3) is 1.00. The third kappa shape index (κ3) is 5.80. The summed E-state index contributed by atoms with van der Waals surface area (Å²) in [6, 6.07) is 0. The van der Waals surface area contributed by atoms with Crippen molar-refractivity contribution in [1.82, 2.24) is 10.2 Å². The summed E-state index contributed by atoms with van der Waals surface area (Å²) in [5, 5.41) is 22.5. The van der Waals surface area contributed by atoms with Crippen LogP contribution >= 0.6 is 0 Å². The first kappa shape index (κ1) is 13.9. The number of aliphatic hydroxyl groups is 2. The number of likely N-dealkylation sites (N-methyl/N-ethyl adjacent to an activating group) is 1. The maximum Gasteiger partial charge on any atom is 0.0791 e. The number of nitrogens with one attached hydrogen (secondary N) is 1. The highest BCUT2D eigenvalue weighted by molar-refractivity contribution is 4.74. The van der Waals surface area contributed by atoms with Crippen molar-refractivity contribution < 1.29 is 10.2 Å². The average molecular weight is 230 g/mol. The molecule has 0 amide bonds. The van der Waals surface area contributed by atoms with Gasteiger partial charge in [-0.3, -0.25) is 0 Å². The molecule has 1 saturated carbocycles. The Balaban J connectivity index is 2.05. The fourth-order valence-corrected chi connectivity index (χ4v) is 2.39. The van der Waals surface area contributed by atoms with Crippen LogP contribution in [0.15, 0.2) is 0 Å². The van der Waals surface area contributed by atoms with Gasteiger partial charge in [0.25, 0.3) is 0 Å². The molecule has 0 aliphatic heterocycles. The third-order valence-corrected chi connectivity index (χ3v) is 3.14. The molecule has 0 saturated heterocycles. The molecule has 1 aliphatic carbocycles. The van der Waals surface area contributed by atoms with Gasteiger partial charge in [0.15, 0.2) is 0 Å². The second kappa shape index (κ2) is 7.22. The van der Waals surface area contributed by atoms with Gasteiger partial charge in [0.2, 0.25) is 0 Å². The lowest BCUT2D eigenvalue weighted by Crippen LogP contribution is -2.38. The van der Waals surface area contributed by atoms with E-state index in [4.69, 9.17) is 0 Å². The summed E-state index contributed by atoms with van der Waals surface area (Å²) in [4.78, 5) is 1.98. The number of nitrogens with zero attached hydrogens (tertiary/aromatic N) is 1. The minimum atomic E-state index is -0.302. The van der Waals surface area contributed by atoms with Gasteiger partial charge in [-0.25, -0.2) is 0 Å².